The number of amides is 3. The molecule has 2 spiro atoms. The van der Waals surface area contributed by atoms with E-state index in [1.165, 1.54) is 34.4 Å². The Hall–Kier alpha value is -5.39. The van der Waals surface area contributed by atoms with Crippen molar-refractivity contribution in [1.82, 2.24) is 15.1 Å². The summed E-state index contributed by atoms with van der Waals surface area (Å²) in [6.45, 7) is 6.65. The molecule has 11 rings (SSSR count). The number of nitrogens with zero attached hydrogens (tertiary/aromatic N) is 3. The van der Waals surface area contributed by atoms with Crippen molar-refractivity contribution < 1.29 is 33.7 Å². The van der Waals surface area contributed by atoms with E-state index in [4.69, 9.17) is 14.2 Å². The first-order valence-electron chi connectivity index (χ1n) is 23.3. The zero-order valence-electron chi connectivity index (χ0n) is 36.3. The summed E-state index contributed by atoms with van der Waals surface area (Å²) in [7, 11) is 1.60. The average molecular weight is 851 g/mol. The van der Waals surface area contributed by atoms with Gasteiger partial charge in [-0.1, -0.05) is 48.5 Å². The summed E-state index contributed by atoms with van der Waals surface area (Å²) in [5.41, 5.74) is 8.82. The average Bonchev–Trinajstić information content (AvgIpc) is 3.84. The first-order valence-corrected chi connectivity index (χ1v) is 23.3. The molecule has 11 nitrogen and oxygen atoms in total. The number of ether oxygens (including phenoxy) is 3. The highest BCUT2D eigenvalue weighted by Gasteiger charge is 2.50. The van der Waals surface area contributed by atoms with Crippen LogP contribution in [0.15, 0.2) is 78.9 Å². The zero-order chi connectivity index (χ0) is 42.9. The predicted molar refractivity (Wildman–Crippen MR) is 239 cm³/mol. The van der Waals surface area contributed by atoms with Crippen molar-refractivity contribution >= 4 is 23.4 Å². The van der Waals surface area contributed by atoms with Crippen LogP contribution in [0.25, 0.3) is 0 Å². The number of hydrogen-bond donors (Lipinski definition) is 2. The van der Waals surface area contributed by atoms with Crippen molar-refractivity contribution in [1.29, 1.82) is 0 Å². The Morgan fingerprint density at radius 2 is 1.63 bits per heavy atom. The summed E-state index contributed by atoms with van der Waals surface area (Å²) in [6, 6.07) is 27.5. The molecule has 6 aliphatic heterocycles. The molecule has 0 aromatic heterocycles. The molecule has 1 aliphatic carbocycles. The molecule has 7 aliphatic rings. The fraction of sp³-hybridized carbons (Fsp3) is 0.481. The molecule has 1 unspecified atom stereocenters. The van der Waals surface area contributed by atoms with Gasteiger partial charge in [-0.15, -0.1) is 0 Å². The van der Waals surface area contributed by atoms with E-state index < -0.39 is 11.9 Å². The number of likely N-dealkylation sites (tertiary alicyclic amines) is 1. The van der Waals surface area contributed by atoms with Crippen LogP contribution in [-0.2, 0) is 32.7 Å². The van der Waals surface area contributed by atoms with Crippen molar-refractivity contribution in [2.24, 2.45) is 5.92 Å². The van der Waals surface area contributed by atoms with Crippen LogP contribution in [0.1, 0.15) is 113 Å². The fourth-order valence-corrected chi connectivity index (χ4v) is 12.4. The van der Waals surface area contributed by atoms with Crippen molar-refractivity contribution in [3.8, 4) is 17.2 Å². The van der Waals surface area contributed by atoms with E-state index in [2.05, 4.69) is 75.8 Å². The second-order valence-electron chi connectivity index (χ2n) is 19.5. The van der Waals surface area contributed by atoms with Gasteiger partial charge in [0, 0.05) is 54.2 Å². The van der Waals surface area contributed by atoms with E-state index in [1.54, 1.807) is 12.0 Å². The Morgan fingerprint density at radius 3 is 2.37 bits per heavy atom. The summed E-state index contributed by atoms with van der Waals surface area (Å²) >= 11 is 0. The Morgan fingerprint density at radius 1 is 0.841 bits per heavy atom. The van der Waals surface area contributed by atoms with Crippen molar-refractivity contribution in [2.75, 3.05) is 57.9 Å². The van der Waals surface area contributed by atoms with Gasteiger partial charge in [-0.25, -0.2) is 0 Å². The minimum Gasteiger partial charge on any atom is -0.508 e. The van der Waals surface area contributed by atoms with Gasteiger partial charge in [0.05, 0.1) is 38.0 Å². The maximum Gasteiger partial charge on any atom is 0.259 e. The predicted octanol–water partition coefficient (Wildman–Crippen LogP) is 7.22. The Balaban J connectivity index is 0.690. The zero-order valence-corrected chi connectivity index (χ0v) is 36.3. The number of imide groups is 1. The molecule has 6 heterocycles. The molecule has 4 atom stereocenters. The number of hydrogen-bond acceptors (Lipinski definition) is 9. The maximum absolute atomic E-state index is 13.7. The summed E-state index contributed by atoms with van der Waals surface area (Å²) in [4.78, 5) is 45.0. The molecule has 63 heavy (non-hydrogen) atoms. The number of aryl methyl sites for hydroxylation is 1. The molecule has 11 heteroatoms. The van der Waals surface area contributed by atoms with Crippen LogP contribution in [0, 0.1) is 5.92 Å². The first-order chi connectivity index (χ1) is 30.7. The Kier molecular flexibility index (Phi) is 10.3. The number of aromatic hydroxyl groups is 1. The molecule has 328 valence electrons. The molecular formula is C52H58N4O7. The van der Waals surface area contributed by atoms with E-state index >= 15 is 0 Å². The fourth-order valence-electron chi connectivity index (χ4n) is 12.4. The van der Waals surface area contributed by atoms with E-state index in [0.717, 1.165) is 101 Å². The van der Waals surface area contributed by atoms with Crippen LogP contribution in [0.4, 0.5) is 5.69 Å². The minimum absolute atomic E-state index is 0.0292. The van der Waals surface area contributed by atoms with E-state index in [9.17, 15) is 19.5 Å². The number of nitrogens with one attached hydrogen (secondary N) is 1. The molecule has 4 saturated heterocycles. The number of benzene rings is 4. The molecule has 4 aromatic rings. The van der Waals surface area contributed by atoms with Crippen LogP contribution in [-0.4, -0.2) is 97.3 Å². The lowest BCUT2D eigenvalue weighted by atomic mass is 9.69. The third kappa shape index (κ3) is 7.15. The van der Waals surface area contributed by atoms with Gasteiger partial charge in [-0.3, -0.25) is 19.7 Å². The van der Waals surface area contributed by atoms with Gasteiger partial charge in [0.15, 0.2) is 0 Å². The number of phenols is 1. The Bertz CT molecular complexity index is 2410. The first kappa shape index (κ1) is 40.4. The molecule has 2 N–H and O–H groups in total. The molecule has 3 amide bonds. The third-order valence-electron chi connectivity index (χ3n) is 16.1. The number of carbonyl (C=O) groups is 3. The molecule has 4 aromatic carbocycles. The smallest absolute Gasteiger partial charge is 0.259 e. The van der Waals surface area contributed by atoms with Gasteiger partial charge >= 0.3 is 0 Å². The Labute approximate surface area is 369 Å². The van der Waals surface area contributed by atoms with Gasteiger partial charge in [-0.05, 0) is 135 Å². The van der Waals surface area contributed by atoms with Crippen LogP contribution >= 0.6 is 0 Å². The topological polar surface area (TPSA) is 121 Å². The molecular weight excluding hydrogens is 793 g/mol. The number of piperidine rings is 3. The number of phenolic OH excluding ortho intramolecular Hbond substituents is 1. The number of rotatable bonds is 7. The maximum atomic E-state index is 13.7. The lowest BCUT2D eigenvalue weighted by molar-refractivity contribution is -0.136. The molecule has 4 fully saturated rings. The lowest BCUT2D eigenvalue weighted by Crippen LogP contribution is -2.52. The SMILES string of the molecule is COc1cc2c(c3c1C(=O)N(C1CCC(=O)NC1=O)C3)OCC21CCN(C[C@H]2CCC3(CCN(c4ccc([C@@H]5c6ccc(O)cc6CC[C@@H]5c5ccccc5)cc4)CC3)OC2)CC1. The van der Waals surface area contributed by atoms with Gasteiger partial charge < -0.3 is 34.0 Å². The van der Waals surface area contributed by atoms with Gasteiger partial charge in [0.2, 0.25) is 11.8 Å². The van der Waals surface area contributed by atoms with Crippen molar-refractivity contribution in [3.63, 3.8) is 0 Å². The normalized spacial score (nSPS) is 26.3. The quantitative estimate of drug-likeness (QED) is 0.186. The van der Waals surface area contributed by atoms with E-state index in [1.807, 2.05) is 18.2 Å². The van der Waals surface area contributed by atoms with Crippen LogP contribution in [0.5, 0.6) is 17.2 Å². The monoisotopic (exact) mass is 850 g/mol. The van der Waals surface area contributed by atoms with Crippen LogP contribution < -0.4 is 19.7 Å². The summed E-state index contributed by atoms with van der Waals surface area (Å²) in [5, 5.41) is 12.7. The minimum atomic E-state index is -0.685. The van der Waals surface area contributed by atoms with Crippen molar-refractivity contribution in [2.45, 2.75) is 99.6 Å². The number of methoxy groups -OCH3 is 1. The molecule has 0 saturated carbocycles. The number of fused-ring (bicyclic) bond motifs is 5. The molecule has 0 radical (unpaired) electrons. The second-order valence-corrected chi connectivity index (χ2v) is 19.5. The van der Waals surface area contributed by atoms with Crippen LogP contribution in [0.3, 0.4) is 0 Å². The molecule has 0 bridgehead atoms. The van der Waals surface area contributed by atoms with E-state index in [0.29, 0.717) is 41.9 Å². The van der Waals surface area contributed by atoms with Gasteiger partial charge in [0.25, 0.3) is 5.91 Å². The highest BCUT2D eigenvalue weighted by Crippen LogP contribution is 2.53. The standard InChI is InChI=1S/C52H58N4O7/c1-61-44-28-42-48(41-30-56(50(60)47(41)44)43-15-16-45(58)53-49(43)59)62-32-51(42)19-23-54(24-20-51)29-33-17-18-52(63-31-33)21-25-55(26-22-52)37-10-7-35(8-11-37)46-39(34-5-3-2-4-6-34)13-9-36-27-38(57)12-14-40(36)46/h2-8,10-12,14,27-28,33,39,43,46,57H,9,13,15-26,29-32H2,1H3,(H,53,58,59)/t33-,39-,43?,46+/m1/s1. The largest absolute Gasteiger partial charge is 0.508 e. The number of carbonyl (C=O) groups excluding carboxylic acids is 3. The second kappa shape index (κ2) is 16.0. The highest BCUT2D eigenvalue weighted by atomic mass is 16.5. The highest BCUT2D eigenvalue weighted by molar-refractivity contribution is 6.07. The van der Waals surface area contributed by atoms with Crippen LogP contribution in [0.2, 0.25) is 0 Å². The van der Waals surface area contributed by atoms with Crippen molar-refractivity contribution in [3.05, 3.63) is 118 Å². The summed E-state index contributed by atoms with van der Waals surface area (Å²) in [5.74, 6) is 1.86. The third-order valence-corrected chi connectivity index (χ3v) is 16.1. The van der Waals surface area contributed by atoms with Gasteiger partial charge in [-0.2, -0.15) is 0 Å². The van der Waals surface area contributed by atoms with Gasteiger partial charge in [0.1, 0.15) is 23.3 Å². The summed E-state index contributed by atoms with van der Waals surface area (Å²) < 4.78 is 19.1. The lowest BCUT2D eigenvalue weighted by Gasteiger charge is -2.47. The summed E-state index contributed by atoms with van der Waals surface area (Å²) in [6.07, 6.45) is 8.89. The number of anilines is 1. The van der Waals surface area contributed by atoms with E-state index in [-0.39, 0.29) is 41.7 Å².